The zero-order valence-corrected chi connectivity index (χ0v) is 12.3. The monoisotopic (exact) mass is 287 g/mol. The third kappa shape index (κ3) is 2.54. The Labute approximate surface area is 124 Å². The van der Waals surface area contributed by atoms with Gasteiger partial charge in [-0.3, -0.25) is 0 Å². The van der Waals surface area contributed by atoms with Gasteiger partial charge in [0.1, 0.15) is 5.75 Å². The van der Waals surface area contributed by atoms with E-state index in [4.69, 9.17) is 22.1 Å². The molecule has 1 aliphatic rings. The molecule has 2 N–H and O–H groups in total. The van der Waals surface area contributed by atoms with E-state index < -0.39 is 0 Å². The molecule has 0 saturated heterocycles. The highest BCUT2D eigenvalue weighted by atomic mass is 35.5. The summed E-state index contributed by atoms with van der Waals surface area (Å²) in [6.07, 6.45) is 2.13. The fourth-order valence-electron chi connectivity index (χ4n) is 2.78. The maximum Gasteiger partial charge on any atom is 0.127 e. The van der Waals surface area contributed by atoms with Crippen molar-refractivity contribution in [3.8, 4) is 5.75 Å². The fourth-order valence-corrected chi connectivity index (χ4v) is 3.08. The fraction of sp³-hybridized carbons (Fsp3) is 0.294. The van der Waals surface area contributed by atoms with Gasteiger partial charge in [-0.15, -0.1) is 0 Å². The minimum absolute atomic E-state index is 0.208. The first-order valence-electron chi connectivity index (χ1n) is 6.92. The Morgan fingerprint density at radius 3 is 2.90 bits per heavy atom. The highest BCUT2D eigenvalue weighted by Crippen LogP contribution is 2.35. The van der Waals surface area contributed by atoms with Gasteiger partial charge in [-0.2, -0.15) is 0 Å². The lowest BCUT2D eigenvalue weighted by Crippen LogP contribution is -2.17. The summed E-state index contributed by atoms with van der Waals surface area (Å²) in [5.41, 5.74) is 10.9. The minimum atomic E-state index is -0.208. The van der Waals surface area contributed by atoms with Crippen LogP contribution >= 0.6 is 11.6 Å². The number of aryl methyl sites for hydroxylation is 2. The van der Waals surface area contributed by atoms with E-state index in [0.29, 0.717) is 0 Å². The Bertz CT molecular complexity index is 619. The first-order valence-corrected chi connectivity index (χ1v) is 7.30. The Kier molecular flexibility index (Phi) is 3.68. The molecule has 3 rings (SSSR count). The Morgan fingerprint density at radius 1 is 1.25 bits per heavy atom. The number of benzene rings is 2. The van der Waals surface area contributed by atoms with Gasteiger partial charge < -0.3 is 10.5 Å². The first kappa shape index (κ1) is 13.5. The molecule has 2 aromatic rings. The minimum Gasteiger partial charge on any atom is -0.493 e. The lowest BCUT2D eigenvalue weighted by molar-refractivity contribution is 0.284. The largest absolute Gasteiger partial charge is 0.493 e. The molecule has 0 aromatic heterocycles. The third-order valence-electron chi connectivity index (χ3n) is 3.72. The van der Waals surface area contributed by atoms with Crippen LogP contribution in [-0.4, -0.2) is 6.61 Å². The number of para-hydroxylation sites is 1. The first-order chi connectivity index (χ1) is 9.65. The molecule has 0 fully saturated rings. The van der Waals surface area contributed by atoms with Crippen molar-refractivity contribution in [2.45, 2.75) is 25.8 Å². The Balaban J connectivity index is 2.04. The molecule has 1 aliphatic heterocycles. The van der Waals surface area contributed by atoms with Gasteiger partial charge in [0.25, 0.3) is 0 Å². The van der Waals surface area contributed by atoms with E-state index in [-0.39, 0.29) is 6.04 Å². The molecule has 0 amide bonds. The number of nitrogens with two attached hydrogens (primary N) is 1. The van der Waals surface area contributed by atoms with Crippen LogP contribution < -0.4 is 10.5 Å². The van der Waals surface area contributed by atoms with E-state index in [1.165, 1.54) is 5.56 Å². The summed E-state index contributed by atoms with van der Waals surface area (Å²) in [6.45, 7) is 2.80. The van der Waals surface area contributed by atoms with Crippen LogP contribution in [-0.2, 0) is 6.42 Å². The molecule has 3 heteroatoms. The summed E-state index contributed by atoms with van der Waals surface area (Å²) in [5, 5.41) is 0.723. The van der Waals surface area contributed by atoms with Gasteiger partial charge in [0.15, 0.2) is 0 Å². The van der Waals surface area contributed by atoms with Crippen molar-refractivity contribution in [2.24, 2.45) is 5.73 Å². The molecule has 0 radical (unpaired) electrons. The summed E-state index contributed by atoms with van der Waals surface area (Å²) in [5.74, 6) is 0.962. The van der Waals surface area contributed by atoms with Crippen LogP contribution in [0.2, 0.25) is 5.02 Å². The molecule has 0 spiro atoms. The molecule has 104 valence electrons. The van der Waals surface area contributed by atoms with Crippen LogP contribution in [0.3, 0.4) is 0 Å². The number of halogens is 1. The summed E-state index contributed by atoms with van der Waals surface area (Å²) >= 11 is 6.14. The van der Waals surface area contributed by atoms with Crippen molar-refractivity contribution in [1.82, 2.24) is 0 Å². The van der Waals surface area contributed by atoms with E-state index >= 15 is 0 Å². The van der Waals surface area contributed by atoms with Crippen LogP contribution in [0.1, 0.15) is 34.7 Å². The van der Waals surface area contributed by atoms with Gasteiger partial charge in [-0.25, -0.2) is 0 Å². The van der Waals surface area contributed by atoms with Crippen LogP contribution in [0.15, 0.2) is 36.4 Å². The smallest absolute Gasteiger partial charge is 0.127 e. The number of hydrogen-bond acceptors (Lipinski definition) is 2. The van der Waals surface area contributed by atoms with Crippen LogP contribution in [0.25, 0.3) is 0 Å². The van der Waals surface area contributed by atoms with E-state index in [1.807, 2.05) is 25.1 Å². The van der Waals surface area contributed by atoms with Crippen molar-refractivity contribution in [3.05, 3.63) is 63.7 Å². The van der Waals surface area contributed by atoms with Crippen LogP contribution in [0.5, 0.6) is 5.75 Å². The second kappa shape index (κ2) is 5.47. The molecule has 1 heterocycles. The highest BCUT2D eigenvalue weighted by Gasteiger charge is 2.20. The molecule has 0 aliphatic carbocycles. The molecule has 2 nitrogen and oxygen atoms in total. The molecule has 2 aromatic carbocycles. The zero-order valence-electron chi connectivity index (χ0n) is 11.5. The second-order valence-corrected chi connectivity index (χ2v) is 5.76. The van der Waals surface area contributed by atoms with Crippen molar-refractivity contribution in [3.63, 3.8) is 0 Å². The van der Waals surface area contributed by atoms with Crippen molar-refractivity contribution >= 4 is 11.6 Å². The average Bonchev–Trinajstić information content (AvgIpc) is 2.45. The molecule has 1 atom stereocenters. The number of rotatable bonds is 2. The topological polar surface area (TPSA) is 35.2 Å². The maximum absolute atomic E-state index is 6.44. The Morgan fingerprint density at radius 2 is 2.10 bits per heavy atom. The Hall–Kier alpha value is -1.51. The molecule has 0 saturated carbocycles. The highest BCUT2D eigenvalue weighted by molar-refractivity contribution is 6.30. The predicted molar refractivity (Wildman–Crippen MR) is 82.5 cm³/mol. The SMILES string of the molecule is Cc1cc(Cl)cc(C(N)c2cccc3c2OCCC3)c1. The zero-order chi connectivity index (χ0) is 14.1. The number of fused-ring (bicyclic) bond motifs is 1. The number of ether oxygens (including phenoxy) is 1. The van der Waals surface area contributed by atoms with Crippen molar-refractivity contribution < 1.29 is 4.74 Å². The van der Waals surface area contributed by atoms with E-state index in [0.717, 1.165) is 46.9 Å². The predicted octanol–water partition coefficient (Wildman–Crippen LogP) is 4.02. The summed E-state index contributed by atoms with van der Waals surface area (Å²) in [7, 11) is 0. The summed E-state index contributed by atoms with van der Waals surface area (Å²) < 4.78 is 5.84. The number of hydrogen-bond donors (Lipinski definition) is 1. The van der Waals surface area contributed by atoms with Crippen molar-refractivity contribution in [1.29, 1.82) is 0 Å². The van der Waals surface area contributed by atoms with Crippen LogP contribution in [0.4, 0.5) is 0 Å². The molecule has 0 bridgehead atoms. The van der Waals surface area contributed by atoms with Gasteiger partial charge in [-0.1, -0.05) is 35.9 Å². The average molecular weight is 288 g/mol. The lowest BCUT2D eigenvalue weighted by Gasteiger charge is -2.23. The van der Waals surface area contributed by atoms with Gasteiger partial charge in [0.05, 0.1) is 12.6 Å². The normalized spacial score (nSPS) is 15.3. The summed E-state index contributed by atoms with van der Waals surface area (Å²) in [6, 6.07) is 12.0. The quantitative estimate of drug-likeness (QED) is 0.905. The maximum atomic E-state index is 6.44. The van der Waals surface area contributed by atoms with E-state index in [1.54, 1.807) is 0 Å². The van der Waals surface area contributed by atoms with Gasteiger partial charge in [-0.05, 0) is 48.6 Å². The van der Waals surface area contributed by atoms with E-state index in [2.05, 4.69) is 18.2 Å². The second-order valence-electron chi connectivity index (χ2n) is 5.33. The molecule has 1 unspecified atom stereocenters. The lowest BCUT2D eigenvalue weighted by atomic mass is 9.93. The van der Waals surface area contributed by atoms with Gasteiger partial charge in [0, 0.05) is 10.6 Å². The van der Waals surface area contributed by atoms with E-state index in [9.17, 15) is 0 Å². The van der Waals surface area contributed by atoms with Gasteiger partial charge in [0.2, 0.25) is 0 Å². The third-order valence-corrected chi connectivity index (χ3v) is 3.94. The summed E-state index contributed by atoms with van der Waals surface area (Å²) in [4.78, 5) is 0. The van der Waals surface area contributed by atoms with Crippen molar-refractivity contribution in [2.75, 3.05) is 6.61 Å². The van der Waals surface area contributed by atoms with Gasteiger partial charge >= 0.3 is 0 Å². The molecule has 20 heavy (non-hydrogen) atoms. The van der Waals surface area contributed by atoms with Crippen LogP contribution in [0, 0.1) is 6.92 Å². The standard InChI is InChI=1S/C17H18ClNO/c1-11-8-13(10-14(18)9-11)16(19)15-6-2-4-12-5-3-7-20-17(12)15/h2,4,6,8-10,16H,3,5,7,19H2,1H3. The molecular weight excluding hydrogens is 270 g/mol. The molecular formula is C17H18ClNO.